The van der Waals surface area contributed by atoms with Crippen LogP contribution in [0.2, 0.25) is 5.02 Å². The molecule has 0 amide bonds. The van der Waals surface area contributed by atoms with Crippen molar-refractivity contribution >= 4 is 29.7 Å². The lowest BCUT2D eigenvalue weighted by Gasteiger charge is -1.93. The topological polar surface area (TPSA) is 50.4 Å². The van der Waals surface area contributed by atoms with Crippen LogP contribution >= 0.6 is 11.6 Å². The molecule has 0 spiro atoms. The van der Waals surface area contributed by atoms with Crippen molar-refractivity contribution in [3.8, 4) is 0 Å². The minimum atomic E-state index is -1.08. The normalized spacial score (nSPS) is 10.9. The van der Waals surface area contributed by atoms with Gasteiger partial charge in [0.15, 0.2) is 0 Å². The Balaban J connectivity index is 2.17. The third kappa shape index (κ3) is 2.98. The van der Waals surface area contributed by atoms with Crippen molar-refractivity contribution in [3.63, 3.8) is 0 Å². The highest BCUT2D eigenvalue weighted by Crippen LogP contribution is 2.15. The molecule has 3 nitrogen and oxygen atoms in total. The van der Waals surface area contributed by atoms with E-state index in [0.29, 0.717) is 10.8 Å². The summed E-state index contributed by atoms with van der Waals surface area (Å²) in [6, 6.07) is 10.3. The molecule has 0 aliphatic heterocycles. The smallest absolute Gasteiger partial charge is 0.371 e. The SMILES string of the molecule is O=C(O)c1ccc(C=Cc2cccc(Cl)c2)o1. The third-order valence-corrected chi connectivity index (χ3v) is 2.36. The second kappa shape index (κ2) is 4.89. The van der Waals surface area contributed by atoms with Crippen LogP contribution in [0.5, 0.6) is 0 Å². The summed E-state index contributed by atoms with van der Waals surface area (Å²) in [6.07, 6.45) is 3.49. The van der Waals surface area contributed by atoms with Crippen LogP contribution in [0.25, 0.3) is 12.2 Å². The van der Waals surface area contributed by atoms with Gasteiger partial charge in [0, 0.05) is 5.02 Å². The van der Waals surface area contributed by atoms with Crippen LogP contribution in [0.1, 0.15) is 21.9 Å². The van der Waals surface area contributed by atoms with Gasteiger partial charge in [0.05, 0.1) is 0 Å². The lowest BCUT2D eigenvalue weighted by Crippen LogP contribution is -1.91. The van der Waals surface area contributed by atoms with E-state index in [1.54, 1.807) is 30.4 Å². The van der Waals surface area contributed by atoms with Gasteiger partial charge < -0.3 is 9.52 Å². The van der Waals surface area contributed by atoms with Crippen molar-refractivity contribution in [1.29, 1.82) is 0 Å². The van der Waals surface area contributed by atoms with Gasteiger partial charge in [-0.1, -0.05) is 29.8 Å². The first kappa shape index (κ1) is 11.5. The number of carboxylic acids is 1. The Morgan fingerprint density at radius 1 is 1.24 bits per heavy atom. The number of carboxylic acid groups (broad SMARTS) is 1. The molecule has 17 heavy (non-hydrogen) atoms. The number of halogens is 1. The molecule has 2 rings (SSSR count). The van der Waals surface area contributed by atoms with Crippen LogP contribution < -0.4 is 0 Å². The number of carbonyl (C=O) groups is 1. The minimum Gasteiger partial charge on any atom is -0.475 e. The maximum absolute atomic E-state index is 10.6. The van der Waals surface area contributed by atoms with Crippen LogP contribution in [0.4, 0.5) is 0 Å². The fourth-order valence-electron chi connectivity index (χ4n) is 1.35. The maximum Gasteiger partial charge on any atom is 0.371 e. The van der Waals surface area contributed by atoms with Gasteiger partial charge in [-0.2, -0.15) is 0 Å². The zero-order chi connectivity index (χ0) is 12.3. The Labute approximate surface area is 103 Å². The van der Waals surface area contributed by atoms with E-state index >= 15 is 0 Å². The number of aromatic carboxylic acids is 1. The highest BCUT2D eigenvalue weighted by Gasteiger charge is 2.06. The minimum absolute atomic E-state index is 0.0734. The van der Waals surface area contributed by atoms with Crippen LogP contribution in [0.15, 0.2) is 40.8 Å². The Kier molecular flexibility index (Phi) is 3.30. The Hall–Kier alpha value is -2.00. The van der Waals surface area contributed by atoms with Crippen molar-refractivity contribution in [2.45, 2.75) is 0 Å². The highest BCUT2D eigenvalue weighted by atomic mass is 35.5. The summed E-state index contributed by atoms with van der Waals surface area (Å²) in [7, 11) is 0. The predicted octanol–water partition coefficient (Wildman–Crippen LogP) is 3.80. The fraction of sp³-hybridized carbons (Fsp3) is 0. The first-order chi connectivity index (χ1) is 8.15. The fourth-order valence-corrected chi connectivity index (χ4v) is 1.54. The first-order valence-electron chi connectivity index (χ1n) is 4.92. The van der Waals surface area contributed by atoms with E-state index in [9.17, 15) is 4.79 Å². The molecule has 0 aliphatic carbocycles. The van der Waals surface area contributed by atoms with Gasteiger partial charge in [0.2, 0.25) is 5.76 Å². The molecule has 0 unspecified atom stereocenters. The molecule has 0 radical (unpaired) electrons. The molecule has 0 aliphatic rings. The number of benzene rings is 1. The molecule has 1 aromatic carbocycles. The van der Waals surface area contributed by atoms with Crippen molar-refractivity contribution in [2.75, 3.05) is 0 Å². The molecule has 4 heteroatoms. The lowest BCUT2D eigenvalue weighted by molar-refractivity contribution is 0.0662. The van der Waals surface area contributed by atoms with E-state index in [0.717, 1.165) is 5.56 Å². The average molecular weight is 249 g/mol. The standard InChI is InChI=1S/C13H9ClO3/c14-10-3-1-2-9(8-10)4-5-11-6-7-12(17-11)13(15)16/h1-8H,(H,15,16). The van der Waals surface area contributed by atoms with E-state index in [2.05, 4.69) is 0 Å². The van der Waals surface area contributed by atoms with Crippen LogP contribution in [0, 0.1) is 0 Å². The molecule has 0 bridgehead atoms. The Morgan fingerprint density at radius 3 is 2.71 bits per heavy atom. The van der Waals surface area contributed by atoms with E-state index in [4.69, 9.17) is 21.1 Å². The number of rotatable bonds is 3. The first-order valence-corrected chi connectivity index (χ1v) is 5.30. The summed E-state index contributed by atoms with van der Waals surface area (Å²) in [4.78, 5) is 10.6. The molecule has 0 fully saturated rings. The highest BCUT2D eigenvalue weighted by molar-refractivity contribution is 6.30. The van der Waals surface area contributed by atoms with Crippen LogP contribution in [0.3, 0.4) is 0 Å². The molecule has 0 atom stereocenters. The predicted molar refractivity (Wildman–Crippen MR) is 66.0 cm³/mol. The van der Waals surface area contributed by atoms with Gasteiger partial charge in [-0.25, -0.2) is 4.79 Å². The average Bonchev–Trinajstić information content (AvgIpc) is 2.75. The molecule has 86 valence electrons. The van der Waals surface area contributed by atoms with Gasteiger partial charge in [-0.05, 0) is 35.9 Å². The quantitative estimate of drug-likeness (QED) is 0.899. The second-order valence-electron chi connectivity index (χ2n) is 3.40. The second-order valence-corrected chi connectivity index (χ2v) is 3.83. The molecular weight excluding hydrogens is 240 g/mol. The molecule has 1 heterocycles. The maximum atomic E-state index is 10.6. The van der Waals surface area contributed by atoms with Crippen LogP contribution in [-0.4, -0.2) is 11.1 Å². The van der Waals surface area contributed by atoms with E-state index < -0.39 is 5.97 Å². The zero-order valence-electron chi connectivity index (χ0n) is 8.76. The monoisotopic (exact) mass is 248 g/mol. The van der Waals surface area contributed by atoms with Crippen molar-refractivity contribution in [3.05, 3.63) is 58.5 Å². The number of hydrogen-bond donors (Lipinski definition) is 1. The summed E-state index contributed by atoms with van der Waals surface area (Å²) in [6.45, 7) is 0. The van der Waals surface area contributed by atoms with Crippen molar-refractivity contribution < 1.29 is 14.3 Å². The summed E-state index contributed by atoms with van der Waals surface area (Å²) >= 11 is 5.84. The zero-order valence-corrected chi connectivity index (χ0v) is 9.52. The van der Waals surface area contributed by atoms with E-state index in [1.165, 1.54) is 6.07 Å². The van der Waals surface area contributed by atoms with Gasteiger partial charge in [-0.3, -0.25) is 0 Å². The van der Waals surface area contributed by atoms with Crippen LogP contribution in [-0.2, 0) is 0 Å². The third-order valence-electron chi connectivity index (χ3n) is 2.13. The van der Waals surface area contributed by atoms with E-state index in [1.807, 2.05) is 12.1 Å². The van der Waals surface area contributed by atoms with Gasteiger partial charge in [0.25, 0.3) is 0 Å². The van der Waals surface area contributed by atoms with E-state index in [-0.39, 0.29) is 5.76 Å². The molecular formula is C13H9ClO3. The summed E-state index contributed by atoms with van der Waals surface area (Å²) in [5.74, 6) is -0.662. The molecule has 0 saturated heterocycles. The largest absolute Gasteiger partial charge is 0.475 e. The van der Waals surface area contributed by atoms with Crippen molar-refractivity contribution in [2.24, 2.45) is 0 Å². The molecule has 1 aromatic heterocycles. The van der Waals surface area contributed by atoms with Gasteiger partial charge in [-0.15, -0.1) is 0 Å². The summed E-state index contributed by atoms with van der Waals surface area (Å²) in [5, 5.41) is 9.34. The van der Waals surface area contributed by atoms with Gasteiger partial charge in [0.1, 0.15) is 5.76 Å². The Bertz CT molecular complexity index is 570. The summed E-state index contributed by atoms with van der Waals surface area (Å²) in [5.41, 5.74) is 0.922. The molecule has 0 saturated carbocycles. The number of furan rings is 1. The summed E-state index contributed by atoms with van der Waals surface area (Å²) < 4.78 is 5.08. The molecule has 1 N–H and O–H groups in total. The Morgan fingerprint density at radius 2 is 2.06 bits per heavy atom. The van der Waals surface area contributed by atoms with Gasteiger partial charge >= 0.3 is 5.97 Å². The lowest BCUT2D eigenvalue weighted by atomic mass is 10.2. The number of hydrogen-bond acceptors (Lipinski definition) is 2. The molecule has 2 aromatic rings. The van der Waals surface area contributed by atoms with Crippen molar-refractivity contribution in [1.82, 2.24) is 0 Å².